The Morgan fingerprint density at radius 2 is 1.74 bits per heavy atom. The first-order valence-electron chi connectivity index (χ1n) is 7.01. The zero-order valence-corrected chi connectivity index (χ0v) is 12.8. The standard InChI is InChI=1S/C18H10ClNO3/c1-8(21)13-14-9-4-2-3-5-10(9)17(22)15-11(19)6-7-12(16(14)15)20-18(13)23/h2-7,21H,1H3/b13-8+. The van der Waals surface area contributed by atoms with Gasteiger partial charge < -0.3 is 5.11 Å². The topological polar surface area (TPSA) is 67.3 Å². The number of nitrogens with zero attached hydrogens (tertiary/aromatic N) is 1. The van der Waals surface area contributed by atoms with Gasteiger partial charge in [0.25, 0.3) is 5.56 Å². The van der Waals surface area contributed by atoms with Gasteiger partial charge in [-0.25, -0.2) is 4.98 Å². The van der Waals surface area contributed by atoms with Gasteiger partial charge in [-0.3, -0.25) is 9.59 Å². The third-order valence-electron chi connectivity index (χ3n) is 4.10. The maximum absolute atomic E-state index is 12.8. The van der Waals surface area contributed by atoms with Crippen LogP contribution in [0.2, 0.25) is 5.02 Å². The van der Waals surface area contributed by atoms with Crippen LogP contribution < -0.4 is 16.2 Å². The van der Waals surface area contributed by atoms with Crippen molar-refractivity contribution < 1.29 is 5.11 Å². The van der Waals surface area contributed by atoms with Crippen molar-refractivity contribution in [3.8, 4) is 0 Å². The highest BCUT2D eigenvalue weighted by Crippen LogP contribution is 2.23. The third kappa shape index (κ3) is 1.75. The largest absolute Gasteiger partial charge is 0.512 e. The minimum atomic E-state index is -0.523. The summed E-state index contributed by atoms with van der Waals surface area (Å²) in [7, 11) is 0. The molecule has 2 aromatic carbocycles. The number of aliphatic hydroxyl groups excluding tert-OH is 1. The first-order chi connectivity index (χ1) is 11.0. The molecule has 0 spiro atoms. The van der Waals surface area contributed by atoms with Crippen LogP contribution in [0.4, 0.5) is 0 Å². The molecule has 23 heavy (non-hydrogen) atoms. The molecule has 0 amide bonds. The molecule has 1 N–H and O–H groups in total. The average molecular weight is 324 g/mol. The lowest BCUT2D eigenvalue weighted by Crippen LogP contribution is -2.32. The molecule has 0 unspecified atom stereocenters. The Labute approximate surface area is 134 Å². The Hall–Kier alpha value is -2.72. The summed E-state index contributed by atoms with van der Waals surface area (Å²) in [4.78, 5) is 29.2. The molecule has 1 aliphatic heterocycles. The lowest BCUT2D eigenvalue weighted by Gasteiger charge is -2.07. The highest BCUT2D eigenvalue weighted by Gasteiger charge is 2.15. The number of benzene rings is 2. The van der Waals surface area contributed by atoms with Crippen LogP contribution >= 0.6 is 11.6 Å². The van der Waals surface area contributed by atoms with E-state index in [4.69, 9.17) is 11.6 Å². The molecule has 0 saturated heterocycles. The van der Waals surface area contributed by atoms with Crippen molar-refractivity contribution in [2.45, 2.75) is 6.92 Å². The summed E-state index contributed by atoms with van der Waals surface area (Å²) in [6.07, 6.45) is 0. The summed E-state index contributed by atoms with van der Waals surface area (Å²) in [5.74, 6) is -0.130. The first kappa shape index (κ1) is 13.9. The highest BCUT2D eigenvalue weighted by molar-refractivity contribution is 6.34. The van der Waals surface area contributed by atoms with E-state index in [1.54, 1.807) is 36.4 Å². The van der Waals surface area contributed by atoms with Crippen molar-refractivity contribution in [3.05, 3.63) is 77.7 Å². The maximum atomic E-state index is 12.8. The van der Waals surface area contributed by atoms with Crippen LogP contribution in [0.1, 0.15) is 6.92 Å². The summed E-state index contributed by atoms with van der Waals surface area (Å²) >= 11 is 6.25. The van der Waals surface area contributed by atoms with Gasteiger partial charge in [0.1, 0.15) is 5.76 Å². The molecule has 1 heterocycles. The van der Waals surface area contributed by atoms with E-state index in [1.165, 1.54) is 6.92 Å². The first-order valence-corrected chi connectivity index (χ1v) is 7.38. The van der Waals surface area contributed by atoms with Crippen LogP contribution in [0.5, 0.6) is 0 Å². The van der Waals surface area contributed by atoms with Crippen molar-refractivity contribution in [1.29, 1.82) is 0 Å². The summed E-state index contributed by atoms with van der Waals surface area (Å²) in [5.41, 5.74) is -0.326. The minimum absolute atomic E-state index is 0.112. The van der Waals surface area contributed by atoms with E-state index >= 15 is 0 Å². The van der Waals surface area contributed by atoms with Gasteiger partial charge in [0.2, 0.25) is 0 Å². The Balaban J connectivity index is 2.72. The quantitative estimate of drug-likeness (QED) is 0.539. The molecule has 4 rings (SSSR count). The molecule has 0 saturated carbocycles. The molecule has 5 heteroatoms. The van der Waals surface area contributed by atoms with Crippen molar-refractivity contribution in [2.75, 3.05) is 0 Å². The Kier molecular flexibility index (Phi) is 2.80. The number of hydrogen-bond acceptors (Lipinski definition) is 4. The van der Waals surface area contributed by atoms with Crippen LogP contribution in [-0.4, -0.2) is 10.1 Å². The molecular weight excluding hydrogens is 314 g/mol. The molecule has 2 aromatic rings. The van der Waals surface area contributed by atoms with E-state index < -0.39 is 5.56 Å². The third-order valence-corrected chi connectivity index (χ3v) is 4.41. The Bertz CT molecular complexity index is 1330. The normalized spacial score (nSPS) is 13.1. The Morgan fingerprint density at radius 1 is 1.04 bits per heavy atom. The maximum Gasteiger partial charge on any atom is 0.281 e. The molecule has 0 atom stereocenters. The van der Waals surface area contributed by atoms with Crippen molar-refractivity contribution >= 4 is 39.0 Å². The molecule has 0 radical (unpaired) electrons. The van der Waals surface area contributed by atoms with Crippen LogP contribution in [0.25, 0.3) is 27.4 Å². The van der Waals surface area contributed by atoms with E-state index in [9.17, 15) is 14.7 Å². The lowest BCUT2D eigenvalue weighted by molar-refractivity contribution is 0.498. The Morgan fingerprint density at radius 3 is 2.43 bits per heavy atom. The number of halogens is 1. The number of hydrogen-bond donors (Lipinski definition) is 1. The summed E-state index contributed by atoms with van der Waals surface area (Å²) < 4.78 is 0. The van der Waals surface area contributed by atoms with Gasteiger partial charge in [-0.2, -0.15) is 0 Å². The summed E-state index contributed by atoms with van der Waals surface area (Å²) in [6.45, 7) is 1.43. The van der Waals surface area contributed by atoms with Gasteiger partial charge in [-0.15, -0.1) is 0 Å². The second kappa shape index (κ2) is 4.64. The second-order valence-corrected chi connectivity index (χ2v) is 5.85. The smallest absolute Gasteiger partial charge is 0.281 e. The van der Waals surface area contributed by atoms with Crippen molar-refractivity contribution in [1.82, 2.24) is 4.98 Å². The molecule has 0 bridgehead atoms. The van der Waals surface area contributed by atoms with Gasteiger partial charge in [-0.05, 0) is 24.4 Å². The number of fused-ring (bicyclic) bond motifs is 2. The fraction of sp³-hybridized carbons (Fsp3) is 0.0556. The van der Waals surface area contributed by atoms with Crippen LogP contribution in [-0.2, 0) is 0 Å². The van der Waals surface area contributed by atoms with E-state index in [1.807, 2.05) is 0 Å². The van der Waals surface area contributed by atoms with Crippen LogP contribution in [0.3, 0.4) is 0 Å². The SMILES string of the molecule is C/C(O)=c1\c(=O)nc2ccc(Cl)c3c2=c1c1ccccc1c3=O. The zero-order chi connectivity index (χ0) is 16.3. The average Bonchev–Trinajstić information content (AvgIpc) is 2.52. The summed E-state index contributed by atoms with van der Waals surface area (Å²) in [6, 6.07) is 10.2. The predicted molar refractivity (Wildman–Crippen MR) is 90.2 cm³/mol. The highest BCUT2D eigenvalue weighted by atomic mass is 35.5. The molecule has 112 valence electrons. The fourth-order valence-electron chi connectivity index (χ4n) is 3.17. The van der Waals surface area contributed by atoms with Crippen LogP contribution in [0.15, 0.2) is 46.0 Å². The molecule has 1 aliphatic carbocycles. The number of rotatable bonds is 0. The number of aromatic nitrogens is 1. The fourth-order valence-corrected chi connectivity index (χ4v) is 3.41. The van der Waals surface area contributed by atoms with Gasteiger partial charge in [-0.1, -0.05) is 35.9 Å². The van der Waals surface area contributed by atoms with Crippen LogP contribution in [0, 0.1) is 10.4 Å². The van der Waals surface area contributed by atoms with E-state index in [-0.39, 0.29) is 16.4 Å². The predicted octanol–water partition coefficient (Wildman–Crippen LogP) is 2.33. The van der Waals surface area contributed by atoms with Gasteiger partial charge >= 0.3 is 0 Å². The lowest BCUT2D eigenvalue weighted by atomic mass is 9.98. The minimum Gasteiger partial charge on any atom is -0.512 e. The molecule has 4 nitrogen and oxygen atoms in total. The molecule has 2 aliphatic rings. The number of aliphatic hydroxyl groups is 1. The van der Waals surface area contributed by atoms with Gasteiger partial charge in [0, 0.05) is 15.8 Å². The van der Waals surface area contributed by atoms with Crippen molar-refractivity contribution in [3.63, 3.8) is 0 Å². The van der Waals surface area contributed by atoms with Gasteiger partial charge in [0.15, 0.2) is 5.43 Å². The molecular formula is C18H10ClNO3. The summed E-state index contributed by atoms with van der Waals surface area (Å²) in [5, 5.41) is 12.9. The van der Waals surface area contributed by atoms with E-state index in [0.29, 0.717) is 37.1 Å². The van der Waals surface area contributed by atoms with Crippen molar-refractivity contribution in [2.24, 2.45) is 0 Å². The van der Waals surface area contributed by atoms with Gasteiger partial charge in [0.05, 0.1) is 21.1 Å². The zero-order valence-electron chi connectivity index (χ0n) is 12.1. The second-order valence-electron chi connectivity index (χ2n) is 5.44. The molecule has 0 fully saturated rings. The van der Waals surface area contributed by atoms with E-state index in [2.05, 4.69) is 4.98 Å². The van der Waals surface area contributed by atoms with E-state index in [0.717, 1.165) is 0 Å². The molecule has 0 aromatic heterocycles. The monoisotopic (exact) mass is 323 g/mol.